The number of fused-ring (bicyclic) bond motifs is 4. The van der Waals surface area contributed by atoms with E-state index in [1.165, 1.54) is 49.6 Å². The third-order valence-electron chi connectivity index (χ3n) is 6.85. The smallest absolute Gasteiger partial charge is 0.188 e. The van der Waals surface area contributed by atoms with Crippen LogP contribution in [0.15, 0.2) is 66.9 Å². The van der Waals surface area contributed by atoms with Crippen LogP contribution in [-0.4, -0.2) is 13.2 Å². The topological polar surface area (TPSA) is 16.1 Å². The third kappa shape index (κ3) is 2.59. The molecule has 2 nitrogen and oxygen atoms in total. The van der Waals surface area contributed by atoms with E-state index in [0.29, 0.717) is 0 Å². The van der Waals surface area contributed by atoms with E-state index in [1.807, 2.05) is 6.20 Å². The minimum Gasteiger partial charge on any atom is -0.362 e. The Bertz CT molecular complexity index is 1370. The van der Waals surface area contributed by atoms with Gasteiger partial charge < -0.3 is 4.57 Å². The highest BCUT2D eigenvalue weighted by atomic mass is 28.3. The first-order chi connectivity index (χ1) is 14.8. The summed E-state index contributed by atoms with van der Waals surface area (Å²) in [5.74, 6) is 0. The van der Waals surface area contributed by atoms with Crippen LogP contribution in [0.3, 0.4) is 0 Å². The van der Waals surface area contributed by atoms with Crippen LogP contribution in [0.5, 0.6) is 0 Å². The van der Waals surface area contributed by atoms with Crippen molar-refractivity contribution in [2.75, 3.05) is 4.57 Å². The molecule has 0 unspecified atom stereocenters. The quantitative estimate of drug-likeness (QED) is 0.307. The van der Waals surface area contributed by atoms with E-state index in [-0.39, 0.29) is 5.41 Å². The third-order valence-corrected chi connectivity index (χ3v) is 10.2. The van der Waals surface area contributed by atoms with Gasteiger partial charge in [-0.05, 0) is 58.8 Å². The highest BCUT2D eigenvalue weighted by Crippen LogP contribution is 2.54. The molecular weight excluding hydrogens is 392 g/mol. The van der Waals surface area contributed by atoms with Gasteiger partial charge in [0.15, 0.2) is 8.24 Å². The molecule has 0 fully saturated rings. The summed E-state index contributed by atoms with van der Waals surface area (Å²) in [5.41, 5.74) is 9.49. The number of aromatic nitrogens is 1. The molecule has 2 aliphatic rings. The molecular formula is C28H28N2Si. The SMILES string of the molecule is CC(C)(C)Cc1ccc2c(c1)[Si](C)(C)N1c3c-2ccnc3-c2cccc3cccc1c23. The van der Waals surface area contributed by atoms with Crippen LogP contribution in [0.1, 0.15) is 26.3 Å². The maximum Gasteiger partial charge on any atom is 0.188 e. The standard InChI is InChI=1S/C28H28N2Si/c1-28(2,3)17-18-12-13-20-21-14-15-29-26-22-10-6-8-19-9-7-11-23(25(19)22)30(27(21)26)31(4,5)24(20)16-18/h6-16H,17H2,1-5H3. The molecule has 4 aromatic rings. The van der Waals surface area contributed by atoms with Crippen LogP contribution in [0.4, 0.5) is 11.4 Å². The lowest BCUT2D eigenvalue weighted by Crippen LogP contribution is -2.59. The summed E-state index contributed by atoms with van der Waals surface area (Å²) >= 11 is 0. The van der Waals surface area contributed by atoms with E-state index < -0.39 is 8.24 Å². The lowest BCUT2D eigenvalue weighted by molar-refractivity contribution is 0.411. The first-order valence-corrected chi connectivity index (χ1v) is 14.2. The molecule has 3 aromatic carbocycles. The Morgan fingerprint density at radius 2 is 1.65 bits per heavy atom. The molecule has 6 rings (SSSR count). The van der Waals surface area contributed by atoms with Gasteiger partial charge in [-0.15, -0.1) is 0 Å². The number of nitrogens with zero attached hydrogens (tertiary/aromatic N) is 2. The monoisotopic (exact) mass is 420 g/mol. The van der Waals surface area contributed by atoms with E-state index in [4.69, 9.17) is 4.98 Å². The maximum atomic E-state index is 4.92. The largest absolute Gasteiger partial charge is 0.362 e. The molecule has 0 amide bonds. The number of benzene rings is 3. The summed E-state index contributed by atoms with van der Waals surface area (Å²) in [6.45, 7) is 12.0. The molecule has 154 valence electrons. The van der Waals surface area contributed by atoms with Gasteiger partial charge >= 0.3 is 0 Å². The van der Waals surface area contributed by atoms with Crippen LogP contribution >= 0.6 is 0 Å². The molecule has 0 atom stereocenters. The second kappa shape index (κ2) is 6.07. The lowest BCUT2D eigenvalue weighted by Gasteiger charge is -2.48. The van der Waals surface area contributed by atoms with Crippen molar-refractivity contribution < 1.29 is 0 Å². The molecule has 0 spiro atoms. The fourth-order valence-electron chi connectivity index (χ4n) is 5.68. The van der Waals surface area contributed by atoms with Crippen LogP contribution < -0.4 is 9.75 Å². The summed E-state index contributed by atoms with van der Waals surface area (Å²) in [5, 5.41) is 4.18. The molecule has 0 saturated heterocycles. The molecule has 0 bridgehead atoms. The van der Waals surface area contributed by atoms with Gasteiger partial charge in [-0.1, -0.05) is 69.3 Å². The summed E-state index contributed by atoms with van der Waals surface area (Å²) in [6.07, 6.45) is 3.09. The molecule has 3 heterocycles. The van der Waals surface area contributed by atoms with Crippen molar-refractivity contribution in [2.24, 2.45) is 5.41 Å². The van der Waals surface area contributed by atoms with Crippen molar-refractivity contribution in [1.29, 1.82) is 0 Å². The van der Waals surface area contributed by atoms with Crippen molar-refractivity contribution in [2.45, 2.75) is 40.3 Å². The Labute approximate surface area is 185 Å². The van der Waals surface area contributed by atoms with E-state index in [1.54, 1.807) is 0 Å². The summed E-state index contributed by atoms with van der Waals surface area (Å²) < 4.78 is 2.68. The minimum absolute atomic E-state index is 0.277. The fraction of sp³-hybridized carbons (Fsp3) is 0.250. The average molecular weight is 421 g/mol. The van der Waals surface area contributed by atoms with Crippen molar-refractivity contribution in [1.82, 2.24) is 4.98 Å². The number of hydrogen-bond acceptors (Lipinski definition) is 2. The highest BCUT2D eigenvalue weighted by Gasteiger charge is 2.44. The van der Waals surface area contributed by atoms with Gasteiger partial charge in [-0.2, -0.15) is 0 Å². The van der Waals surface area contributed by atoms with E-state index in [0.717, 1.165) is 12.1 Å². The predicted molar refractivity (Wildman–Crippen MR) is 135 cm³/mol. The molecule has 0 saturated carbocycles. The predicted octanol–water partition coefficient (Wildman–Crippen LogP) is 7.03. The fourth-order valence-corrected chi connectivity index (χ4v) is 8.91. The molecule has 3 heteroatoms. The Kier molecular flexibility index (Phi) is 3.69. The Balaban J connectivity index is 1.70. The molecule has 31 heavy (non-hydrogen) atoms. The first-order valence-electron chi connectivity index (χ1n) is 11.2. The number of hydrogen-bond donors (Lipinski definition) is 0. The summed E-state index contributed by atoms with van der Waals surface area (Å²) in [6, 6.07) is 22.8. The Morgan fingerprint density at radius 3 is 2.42 bits per heavy atom. The van der Waals surface area contributed by atoms with Crippen molar-refractivity contribution in [3.63, 3.8) is 0 Å². The zero-order valence-electron chi connectivity index (χ0n) is 19.0. The van der Waals surface area contributed by atoms with Gasteiger partial charge in [-0.25, -0.2) is 0 Å². The first kappa shape index (κ1) is 18.8. The van der Waals surface area contributed by atoms with E-state index in [2.05, 4.69) is 99.1 Å². The lowest BCUT2D eigenvalue weighted by atomic mass is 9.87. The Morgan fingerprint density at radius 1 is 0.871 bits per heavy atom. The van der Waals surface area contributed by atoms with E-state index >= 15 is 0 Å². The van der Waals surface area contributed by atoms with Crippen molar-refractivity contribution in [3.05, 3.63) is 72.4 Å². The maximum absolute atomic E-state index is 4.92. The second-order valence-corrected chi connectivity index (χ2v) is 14.9. The minimum atomic E-state index is -2.03. The van der Waals surface area contributed by atoms with Crippen molar-refractivity contribution in [3.8, 4) is 22.4 Å². The highest BCUT2D eigenvalue weighted by molar-refractivity contribution is 6.95. The van der Waals surface area contributed by atoms with Gasteiger partial charge in [0.05, 0.1) is 11.4 Å². The molecule has 2 aliphatic heterocycles. The molecule has 0 N–H and O–H groups in total. The number of pyridine rings is 1. The number of rotatable bonds is 1. The van der Waals surface area contributed by atoms with Gasteiger partial charge in [0, 0.05) is 28.4 Å². The molecule has 0 radical (unpaired) electrons. The van der Waals surface area contributed by atoms with Gasteiger partial charge in [0.1, 0.15) is 0 Å². The number of anilines is 2. The Hall–Kier alpha value is -2.91. The zero-order valence-corrected chi connectivity index (χ0v) is 20.0. The van der Waals surface area contributed by atoms with Gasteiger partial charge in [-0.3, -0.25) is 4.98 Å². The normalized spacial score (nSPS) is 15.6. The van der Waals surface area contributed by atoms with Crippen LogP contribution in [0.25, 0.3) is 33.2 Å². The van der Waals surface area contributed by atoms with Crippen molar-refractivity contribution >= 4 is 35.6 Å². The molecule has 0 aliphatic carbocycles. The second-order valence-electron chi connectivity index (χ2n) is 10.7. The van der Waals surface area contributed by atoms with Crippen LogP contribution in [-0.2, 0) is 6.42 Å². The summed E-state index contributed by atoms with van der Waals surface area (Å²) in [7, 11) is -2.03. The average Bonchev–Trinajstić information content (AvgIpc) is 2.72. The van der Waals surface area contributed by atoms with Gasteiger partial charge in [0.2, 0.25) is 0 Å². The van der Waals surface area contributed by atoms with E-state index in [9.17, 15) is 0 Å². The zero-order chi connectivity index (χ0) is 21.5. The summed E-state index contributed by atoms with van der Waals surface area (Å²) in [4.78, 5) is 4.92. The van der Waals surface area contributed by atoms with Crippen LogP contribution in [0, 0.1) is 5.41 Å². The van der Waals surface area contributed by atoms with Crippen LogP contribution in [0.2, 0.25) is 13.1 Å². The molecule has 1 aromatic heterocycles. The van der Waals surface area contributed by atoms with Gasteiger partial charge in [0.25, 0.3) is 0 Å².